The molecule has 0 aromatic carbocycles. The first-order valence-corrected chi connectivity index (χ1v) is 4.86. The average Bonchev–Trinajstić information content (AvgIpc) is 2.01. The van der Waals surface area contributed by atoms with E-state index < -0.39 is 0 Å². The third kappa shape index (κ3) is 2.47. The Bertz CT molecular complexity index is 193. The van der Waals surface area contributed by atoms with Crippen molar-refractivity contribution in [2.45, 2.75) is 46.0 Å². The first-order chi connectivity index (χ1) is 5.66. The molecular weight excluding hydrogens is 148 g/mol. The molecule has 1 fully saturated rings. The number of Topliss-reactive ketones (excluding diaryl/α,β-unsaturated/α-hetero) is 1. The monoisotopic (exact) mass is 166 g/mol. The fourth-order valence-corrected chi connectivity index (χ4v) is 1.86. The van der Waals surface area contributed by atoms with Crippen LogP contribution >= 0.6 is 0 Å². The van der Waals surface area contributed by atoms with Gasteiger partial charge in [-0.25, -0.2) is 0 Å². The van der Waals surface area contributed by atoms with Crippen molar-refractivity contribution in [1.29, 1.82) is 0 Å². The summed E-state index contributed by atoms with van der Waals surface area (Å²) >= 11 is 0. The summed E-state index contributed by atoms with van der Waals surface area (Å²) in [5, 5.41) is 0. The predicted octanol–water partition coefficient (Wildman–Crippen LogP) is 3.10. The summed E-state index contributed by atoms with van der Waals surface area (Å²) < 4.78 is 0. The highest BCUT2D eigenvalue weighted by molar-refractivity contribution is 5.80. The smallest absolute Gasteiger partial charge is 0.133 e. The average molecular weight is 166 g/mol. The summed E-state index contributed by atoms with van der Waals surface area (Å²) in [6.45, 7) is 4.32. The Labute approximate surface area is 74.9 Å². The van der Waals surface area contributed by atoms with Crippen molar-refractivity contribution in [3.8, 4) is 0 Å². The lowest BCUT2D eigenvalue weighted by molar-refractivity contribution is -0.122. The van der Waals surface area contributed by atoms with Crippen molar-refractivity contribution in [2.75, 3.05) is 0 Å². The second-order valence-corrected chi connectivity index (χ2v) is 4.03. The van der Waals surface area contributed by atoms with Gasteiger partial charge in [0.05, 0.1) is 0 Å². The highest BCUT2D eigenvalue weighted by atomic mass is 16.1. The van der Waals surface area contributed by atoms with Crippen LogP contribution in [0.25, 0.3) is 0 Å². The topological polar surface area (TPSA) is 17.1 Å². The molecule has 12 heavy (non-hydrogen) atoms. The number of allylic oxidation sites excluding steroid dienone is 2. The SMILES string of the molecule is CCC=CC1(C)CCCC(=O)C1. The van der Waals surface area contributed by atoms with Gasteiger partial charge in [0.2, 0.25) is 0 Å². The van der Waals surface area contributed by atoms with Crippen LogP contribution < -0.4 is 0 Å². The molecule has 0 N–H and O–H groups in total. The van der Waals surface area contributed by atoms with E-state index in [4.69, 9.17) is 0 Å². The van der Waals surface area contributed by atoms with Gasteiger partial charge in [-0.1, -0.05) is 26.0 Å². The summed E-state index contributed by atoms with van der Waals surface area (Å²) in [6, 6.07) is 0. The molecular formula is C11H18O. The van der Waals surface area contributed by atoms with Gasteiger partial charge in [-0.2, -0.15) is 0 Å². The van der Waals surface area contributed by atoms with E-state index in [0.29, 0.717) is 5.78 Å². The van der Waals surface area contributed by atoms with E-state index in [2.05, 4.69) is 26.0 Å². The second-order valence-electron chi connectivity index (χ2n) is 4.03. The molecule has 1 unspecified atom stereocenters. The fraction of sp³-hybridized carbons (Fsp3) is 0.727. The molecule has 1 atom stereocenters. The fourth-order valence-electron chi connectivity index (χ4n) is 1.86. The van der Waals surface area contributed by atoms with Gasteiger partial charge in [0.15, 0.2) is 0 Å². The van der Waals surface area contributed by atoms with E-state index in [1.165, 1.54) is 6.42 Å². The molecule has 1 nitrogen and oxygen atoms in total. The van der Waals surface area contributed by atoms with Gasteiger partial charge in [0, 0.05) is 12.8 Å². The lowest BCUT2D eigenvalue weighted by atomic mass is 9.75. The second kappa shape index (κ2) is 3.88. The maximum absolute atomic E-state index is 11.2. The Hall–Kier alpha value is -0.590. The number of hydrogen-bond acceptors (Lipinski definition) is 1. The minimum absolute atomic E-state index is 0.172. The highest BCUT2D eigenvalue weighted by Gasteiger charge is 2.28. The molecule has 0 heterocycles. The minimum atomic E-state index is 0.172. The molecule has 1 rings (SSSR count). The van der Waals surface area contributed by atoms with Gasteiger partial charge in [0.1, 0.15) is 5.78 Å². The number of ketones is 1. The largest absolute Gasteiger partial charge is 0.300 e. The normalized spacial score (nSPS) is 31.3. The van der Waals surface area contributed by atoms with E-state index in [1.54, 1.807) is 0 Å². The Balaban J connectivity index is 2.57. The highest BCUT2D eigenvalue weighted by Crippen LogP contribution is 2.35. The molecule has 0 bridgehead atoms. The van der Waals surface area contributed by atoms with Crippen LogP contribution in [0, 0.1) is 5.41 Å². The minimum Gasteiger partial charge on any atom is -0.300 e. The molecule has 0 aromatic rings. The Morgan fingerprint density at radius 3 is 2.92 bits per heavy atom. The Kier molecular flexibility index (Phi) is 3.07. The van der Waals surface area contributed by atoms with Crippen molar-refractivity contribution >= 4 is 5.78 Å². The first-order valence-electron chi connectivity index (χ1n) is 4.86. The van der Waals surface area contributed by atoms with Crippen molar-refractivity contribution in [2.24, 2.45) is 5.41 Å². The molecule has 0 aromatic heterocycles. The summed E-state index contributed by atoms with van der Waals surface area (Å²) in [4.78, 5) is 11.2. The third-order valence-electron chi connectivity index (χ3n) is 2.56. The molecule has 1 saturated carbocycles. The molecule has 1 aliphatic carbocycles. The molecule has 0 saturated heterocycles. The molecule has 1 aliphatic rings. The van der Waals surface area contributed by atoms with Crippen molar-refractivity contribution in [3.05, 3.63) is 12.2 Å². The van der Waals surface area contributed by atoms with Crippen LogP contribution in [0.15, 0.2) is 12.2 Å². The zero-order valence-corrected chi connectivity index (χ0v) is 8.10. The zero-order valence-electron chi connectivity index (χ0n) is 8.10. The quantitative estimate of drug-likeness (QED) is 0.576. The van der Waals surface area contributed by atoms with Crippen LogP contribution in [0.3, 0.4) is 0 Å². The maximum Gasteiger partial charge on any atom is 0.133 e. The van der Waals surface area contributed by atoms with Crippen molar-refractivity contribution in [3.63, 3.8) is 0 Å². The lowest BCUT2D eigenvalue weighted by Crippen LogP contribution is -2.23. The van der Waals surface area contributed by atoms with E-state index in [1.807, 2.05) is 0 Å². The third-order valence-corrected chi connectivity index (χ3v) is 2.56. The maximum atomic E-state index is 11.2. The molecule has 0 spiro atoms. The van der Waals surface area contributed by atoms with Crippen LogP contribution in [-0.4, -0.2) is 5.78 Å². The van der Waals surface area contributed by atoms with Gasteiger partial charge < -0.3 is 0 Å². The first kappa shape index (κ1) is 9.50. The number of hydrogen-bond donors (Lipinski definition) is 0. The van der Waals surface area contributed by atoms with E-state index in [9.17, 15) is 4.79 Å². The van der Waals surface area contributed by atoms with Crippen LogP contribution in [0.4, 0.5) is 0 Å². The van der Waals surface area contributed by atoms with Crippen LogP contribution in [-0.2, 0) is 4.79 Å². The van der Waals surface area contributed by atoms with Crippen molar-refractivity contribution in [1.82, 2.24) is 0 Å². The van der Waals surface area contributed by atoms with E-state index in [-0.39, 0.29) is 5.41 Å². The summed E-state index contributed by atoms with van der Waals surface area (Å²) in [5.41, 5.74) is 0.172. The molecule has 0 radical (unpaired) electrons. The summed E-state index contributed by atoms with van der Waals surface area (Å²) in [7, 11) is 0. The lowest BCUT2D eigenvalue weighted by Gasteiger charge is -2.29. The molecule has 0 amide bonds. The molecule has 1 heteroatoms. The zero-order chi connectivity index (χ0) is 9.03. The van der Waals surface area contributed by atoms with Gasteiger partial charge in [0.25, 0.3) is 0 Å². The van der Waals surface area contributed by atoms with E-state index in [0.717, 1.165) is 25.7 Å². The summed E-state index contributed by atoms with van der Waals surface area (Å²) in [6.07, 6.45) is 9.28. The van der Waals surface area contributed by atoms with E-state index >= 15 is 0 Å². The van der Waals surface area contributed by atoms with Gasteiger partial charge >= 0.3 is 0 Å². The molecule has 68 valence electrons. The van der Waals surface area contributed by atoms with Crippen LogP contribution in [0.1, 0.15) is 46.0 Å². The van der Waals surface area contributed by atoms with Gasteiger partial charge in [-0.15, -0.1) is 0 Å². The standard InChI is InChI=1S/C11H18O/c1-3-4-7-11(2)8-5-6-10(12)9-11/h4,7H,3,5-6,8-9H2,1-2H3. The Morgan fingerprint density at radius 2 is 2.33 bits per heavy atom. The van der Waals surface area contributed by atoms with Crippen LogP contribution in [0.2, 0.25) is 0 Å². The van der Waals surface area contributed by atoms with Crippen LogP contribution in [0.5, 0.6) is 0 Å². The number of carbonyl (C=O) groups excluding carboxylic acids is 1. The van der Waals surface area contributed by atoms with Gasteiger partial charge in [-0.3, -0.25) is 4.79 Å². The number of carbonyl (C=O) groups is 1. The van der Waals surface area contributed by atoms with Crippen molar-refractivity contribution < 1.29 is 4.79 Å². The number of rotatable bonds is 2. The Morgan fingerprint density at radius 1 is 1.58 bits per heavy atom. The van der Waals surface area contributed by atoms with Gasteiger partial charge in [-0.05, 0) is 24.7 Å². The predicted molar refractivity (Wildman–Crippen MR) is 51.0 cm³/mol. The molecule has 0 aliphatic heterocycles. The summed E-state index contributed by atoms with van der Waals surface area (Å²) in [5.74, 6) is 0.435.